The minimum absolute atomic E-state index is 0.00718. The van der Waals surface area contributed by atoms with Gasteiger partial charge in [-0.1, -0.05) is 23.2 Å². The second-order valence-electron chi connectivity index (χ2n) is 5.06. The van der Waals surface area contributed by atoms with Gasteiger partial charge in [0.05, 0.1) is 6.61 Å². The Kier molecular flexibility index (Phi) is 4.18. The molecule has 2 saturated heterocycles. The molecule has 0 unspecified atom stereocenters. The molecule has 3 rings (SSSR count). The lowest BCUT2D eigenvalue weighted by atomic mass is 10.1. The summed E-state index contributed by atoms with van der Waals surface area (Å²) >= 11 is 13.8. The largest absolute Gasteiger partial charge is 0.363 e. The topological polar surface area (TPSA) is 29.5 Å². The van der Waals surface area contributed by atoms with Crippen molar-refractivity contribution in [2.75, 3.05) is 25.4 Å². The van der Waals surface area contributed by atoms with Gasteiger partial charge in [-0.3, -0.25) is 4.79 Å². The predicted octanol–water partition coefficient (Wildman–Crippen LogP) is 3.69. The third-order valence-electron chi connectivity index (χ3n) is 3.74. The molecular formula is C14H15Cl2NO2S. The number of carbonyl (C=O) groups excluding carboxylic acids is 1. The van der Waals surface area contributed by atoms with Gasteiger partial charge in [-0.15, -0.1) is 11.8 Å². The summed E-state index contributed by atoms with van der Waals surface area (Å²) in [6, 6.07) is 4.97. The van der Waals surface area contributed by atoms with E-state index in [0.717, 1.165) is 38.3 Å². The number of hydrogen-bond donors (Lipinski definition) is 0. The maximum Gasteiger partial charge on any atom is 0.253 e. The lowest BCUT2D eigenvalue weighted by Crippen LogP contribution is -2.45. The molecular weight excluding hydrogens is 317 g/mol. The zero-order valence-corrected chi connectivity index (χ0v) is 13.2. The van der Waals surface area contributed by atoms with E-state index >= 15 is 0 Å². The van der Waals surface area contributed by atoms with Crippen molar-refractivity contribution in [3.8, 4) is 0 Å². The number of ether oxygens (including phenoxy) is 1. The second-order valence-corrected chi connectivity index (χ2v) is 7.37. The summed E-state index contributed by atoms with van der Waals surface area (Å²) < 4.78 is 5.84. The van der Waals surface area contributed by atoms with Crippen LogP contribution in [0.15, 0.2) is 18.2 Å². The van der Waals surface area contributed by atoms with Gasteiger partial charge in [-0.25, -0.2) is 0 Å². The van der Waals surface area contributed by atoms with Crippen LogP contribution in [0.5, 0.6) is 0 Å². The van der Waals surface area contributed by atoms with Crippen LogP contribution in [0, 0.1) is 0 Å². The van der Waals surface area contributed by atoms with E-state index < -0.39 is 0 Å². The molecule has 2 aliphatic heterocycles. The minimum atomic E-state index is -0.0528. The lowest BCUT2D eigenvalue weighted by Gasteiger charge is -2.37. The van der Waals surface area contributed by atoms with Crippen molar-refractivity contribution in [2.24, 2.45) is 0 Å². The smallest absolute Gasteiger partial charge is 0.253 e. The molecule has 1 spiro atoms. The van der Waals surface area contributed by atoms with Crippen LogP contribution in [-0.2, 0) is 4.74 Å². The summed E-state index contributed by atoms with van der Waals surface area (Å²) in [5.41, 5.74) is 0.554. The van der Waals surface area contributed by atoms with Gasteiger partial charge in [0.1, 0.15) is 4.93 Å². The van der Waals surface area contributed by atoms with Gasteiger partial charge in [-0.05, 0) is 18.2 Å². The van der Waals surface area contributed by atoms with E-state index in [4.69, 9.17) is 27.9 Å². The molecule has 1 amide bonds. The number of carbonyl (C=O) groups is 1. The highest BCUT2D eigenvalue weighted by molar-refractivity contribution is 8.00. The SMILES string of the molecule is O=C(c1cc(Cl)cc(Cl)c1)N1CCC2(CC1)OCCS2. The van der Waals surface area contributed by atoms with Crippen molar-refractivity contribution in [3.05, 3.63) is 33.8 Å². The Morgan fingerprint density at radius 3 is 2.40 bits per heavy atom. The Morgan fingerprint density at radius 1 is 1.20 bits per heavy atom. The zero-order valence-electron chi connectivity index (χ0n) is 10.9. The summed E-state index contributed by atoms with van der Waals surface area (Å²) in [4.78, 5) is 14.3. The number of thioether (sulfide) groups is 1. The first-order valence-electron chi connectivity index (χ1n) is 6.61. The highest BCUT2D eigenvalue weighted by atomic mass is 35.5. The fraction of sp³-hybridized carbons (Fsp3) is 0.500. The normalized spacial score (nSPS) is 21.4. The molecule has 6 heteroatoms. The molecule has 0 aromatic heterocycles. The van der Waals surface area contributed by atoms with Crippen molar-refractivity contribution >= 4 is 40.9 Å². The van der Waals surface area contributed by atoms with Crippen molar-refractivity contribution in [3.63, 3.8) is 0 Å². The molecule has 1 aromatic rings. The fourth-order valence-electron chi connectivity index (χ4n) is 2.70. The van der Waals surface area contributed by atoms with E-state index in [0.29, 0.717) is 15.6 Å². The van der Waals surface area contributed by atoms with Crippen molar-refractivity contribution < 1.29 is 9.53 Å². The Labute approximate surface area is 132 Å². The number of piperidine rings is 1. The van der Waals surface area contributed by atoms with E-state index in [-0.39, 0.29) is 10.8 Å². The predicted molar refractivity (Wildman–Crippen MR) is 82.7 cm³/mol. The van der Waals surface area contributed by atoms with Crippen LogP contribution >= 0.6 is 35.0 Å². The number of likely N-dealkylation sites (tertiary alicyclic amines) is 1. The van der Waals surface area contributed by atoms with Crippen LogP contribution in [0.4, 0.5) is 0 Å². The summed E-state index contributed by atoms with van der Waals surface area (Å²) in [6.07, 6.45) is 1.77. The van der Waals surface area contributed by atoms with Crippen LogP contribution in [0.25, 0.3) is 0 Å². The van der Waals surface area contributed by atoms with E-state index in [2.05, 4.69) is 0 Å². The number of rotatable bonds is 1. The summed E-state index contributed by atoms with van der Waals surface area (Å²) in [5, 5.41) is 0.980. The summed E-state index contributed by atoms with van der Waals surface area (Å²) in [7, 11) is 0. The highest BCUT2D eigenvalue weighted by Crippen LogP contribution is 2.41. The molecule has 2 aliphatic rings. The monoisotopic (exact) mass is 331 g/mol. The number of benzene rings is 1. The standard InChI is InChI=1S/C14H15Cl2NO2S/c15-11-7-10(8-12(16)9-11)13(18)17-3-1-14(2-4-17)19-5-6-20-14/h7-9H,1-6H2. The highest BCUT2D eigenvalue weighted by Gasteiger charge is 2.40. The average molecular weight is 332 g/mol. The van der Waals surface area contributed by atoms with Crippen LogP contribution in [0.3, 0.4) is 0 Å². The Morgan fingerprint density at radius 2 is 1.85 bits per heavy atom. The van der Waals surface area contributed by atoms with Crippen LogP contribution in [0.1, 0.15) is 23.2 Å². The Hall–Kier alpha value is -0.420. The molecule has 1 aromatic carbocycles. The Bertz CT molecular complexity index is 502. The van der Waals surface area contributed by atoms with Crippen molar-refractivity contribution in [2.45, 2.75) is 17.8 Å². The van der Waals surface area contributed by atoms with Crippen LogP contribution < -0.4 is 0 Å². The molecule has 0 radical (unpaired) electrons. The van der Waals surface area contributed by atoms with Gasteiger partial charge in [0.2, 0.25) is 0 Å². The quantitative estimate of drug-likeness (QED) is 0.786. The third-order valence-corrected chi connectivity index (χ3v) is 5.59. The van der Waals surface area contributed by atoms with E-state index in [1.807, 2.05) is 16.7 Å². The molecule has 108 valence electrons. The molecule has 2 fully saturated rings. The minimum Gasteiger partial charge on any atom is -0.363 e. The molecule has 2 heterocycles. The first-order chi connectivity index (χ1) is 9.58. The number of hydrogen-bond acceptors (Lipinski definition) is 3. The Balaban J connectivity index is 1.69. The number of halogens is 2. The molecule has 0 bridgehead atoms. The molecule has 20 heavy (non-hydrogen) atoms. The summed E-state index contributed by atoms with van der Waals surface area (Å²) in [5.74, 6) is 1.05. The average Bonchev–Trinajstić information content (AvgIpc) is 2.86. The maximum atomic E-state index is 12.5. The maximum absolute atomic E-state index is 12.5. The first-order valence-corrected chi connectivity index (χ1v) is 8.35. The summed E-state index contributed by atoms with van der Waals surface area (Å²) in [6.45, 7) is 2.26. The lowest BCUT2D eigenvalue weighted by molar-refractivity contribution is 0.00352. The second kappa shape index (κ2) is 5.76. The zero-order chi connectivity index (χ0) is 14.2. The van der Waals surface area contributed by atoms with Crippen LogP contribution in [0.2, 0.25) is 10.0 Å². The van der Waals surface area contributed by atoms with Crippen LogP contribution in [-0.4, -0.2) is 41.2 Å². The van der Waals surface area contributed by atoms with Gasteiger partial charge in [-0.2, -0.15) is 0 Å². The number of nitrogens with zero attached hydrogens (tertiary/aromatic N) is 1. The van der Waals surface area contributed by atoms with Gasteiger partial charge < -0.3 is 9.64 Å². The molecule has 0 aliphatic carbocycles. The molecule has 0 N–H and O–H groups in total. The third kappa shape index (κ3) is 2.93. The van der Waals surface area contributed by atoms with Crippen molar-refractivity contribution in [1.82, 2.24) is 4.90 Å². The van der Waals surface area contributed by atoms with E-state index in [1.54, 1.807) is 18.2 Å². The fourth-order valence-corrected chi connectivity index (χ4v) is 4.40. The van der Waals surface area contributed by atoms with E-state index in [1.165, 1.54) is 0 Å². The van der Waals surface area contributed by atoms with Gasteiger partial charge >= 0.3 is 0 Å². The molecule has 0 atom stereocenters. The van der Waals surface area contributed by atoms with Gasteiger partial charge in [0.25, 0.3) is 5.91 Å². The molecule has 3 nitrogen and oxygen atoms in total. The number of amides is 1. The first kappa shape index (κ1) is 14.5. The van der Waals surface area contributed by atoms with Gasteiger partial charge in [0.15, 0.2) is 0 Å². The molecule has 0 saturated carbocycles. The van der Waals surface area contributed by atoms with Crippen molar-refractivity contribution in [1.29, 1.82) is 0 Å². The van der Waals surface area contributed by atoms with Gasteiger partial charge in [0, 0.05) is 47.3 Å². The van der Waals surface area contributed by atoms with E-state index in [9.17, 15) is 4.79 Å².